The smallest absolute Gasteiger partial charge is 0.410 e. The van der Waals surface area contributed by atoms with Crippen molar-refractivity contribution in [1.29, 1.82) is 0 Å². The van der Waals surface area contributed by atoms with Gasteiger partial charge in [0, 0.05) is 37.7 Å². The van der Waals surface area contributed by atoms with Gasteiger partial charge in [-0.05, 0) is 38.8 Å². The number of nitrogens with one attached hydrogen (secondary N) is 1. The molecule has 2 rings (SSSR count). The largest absolute Gasteiger partial charge is 0.444 e. The lowest BCUT2D eigenvalue weighted by Crippen LogP contribution is -2.41. The minimum atomic E-state index is -0.498. The van der Waals surface area contributed by atoms with Crippen LogP contribution in [0, 0.1) is 0 Å². The predicted molar refractivity (Wildman–Crippen MR) is 102 cm³/mol. The van der Waals surface area contributed by atoms with E-state index in [1.807, 2.05) is 45.0 Å². The van der Waals surface area contributed by atoms with Crippen molar-refractivity contribution >= 4 is 23.6 Å². The Balaban J connectivity index is 1.77. The number of carbonyl (C=O) groups excluding carboxylic acids is 2. The molecular weight excluding hydrogens is 354 g/mol. The molecule has 0 radical (unpaired) electrons. The third-order valence-corrected chi connectivity index (χ3v) is 4.41. The van der Waals surface area contributed by atoms with Crippen molar-refractivity contribution in [3.8, 4) is 0 Å². The van der Waals surface area contributed by atoms with Gasteiger partial charge in [0.2, 0.25) is 5.91 Å². The quantitative estimate of drug-likeness (QED) is 0.871. The highest BCUT2D eigenvalue weighted by Gasteiger charge is 2.24. The molecule has 0 aromatic heterocycles. The van der Waals surface area contributed by atoms with Crippen LogP contribution in [0.15, 0.2) is 24.3 Å². The van der Waals surface area contributed by atoms with E-state index < -0.39 is 5.60 Å². The summed E-state index contributed by atoms with van der Waals surface area (Å²) in [5.74, 6) is -0.0457. The summed E-state index contributed by atoms with van der Waals surface area (Å²) in [7, 11) is 0. The standard InChI is InChI=1S/C19H28ClN3O3/c1-19(2,3)26-18(25)23-10-6-9-22(11-12-23)14-17(24)21-13-15-7-4-5-8-16(15)20/h4-5,7-8H,6,9-14H2,1-3H3,(H,21,24). The van der Waals surface area contributed by atoms with Gasteiger partial charge < -0.3 is 15.0 Å². The Labute approximate surface area is 160 Å². The highest BCUT2D eigenvalue weighted by Crippen LogP contribution is 2.14. The molecule has 1 heterocycles. The van der Waals surface area contributed by atoms with Crippen molar-refractivity contribution in [2.24, 2.45) is 0 Å². The number of hydrogen-bond donors (Lipinski definition) is 1. The van der Waals surface area contributed by atoms with Gasteiger partial charge in [-0.15, -0.1) is 0 Å². The molecule has 7 heteroatoms. The van der Waals surface area contributed by atoms with Gasteiger partial charge in [-0.3, -0.25) is 9.69 Å². The van der Waals surface area contributed by atoms with Gasteiger partial charge in [-0.25, -0.2) is 4.79 Å². The molecule has 0 spiro atoms. The normalized spacial score (nSPS) is 16.1. The molecule has 0 bridgehead atoms. The fourth-order valence-electron chi connectivity index (χ4n) is 2.73. The Hall–Kier alpha value is -1.79. The minimum absolute atomic E-state index is 0.0457. The monoisotopic (exact) mass is 381 g/mol. The van der Waals surface area contributed by atoms with Crippen LogP contribution in [0.1, 0.15) is 32.8 Å². The maximum absolute atomic E-state index is 12.2. The zero-order chi connectivity index (χ0) is 19.2. The van der Waals surface area contributed by atoms with Crippen LogP contribution in [-0.2, 0) is 16.1 Å². The van der Waals surface area contributed by atoms with Gasteiger partial charge in [0.05, 0.1) is 6.54 Å². The first-order valence-electron chi connectivity index (χ1n) is 8.95. The van der Waals surface area contributed by atoms with Gasteiger partial charge in [0.15, 0.2) is 0 Å². The average Bonchev–Trinajstić information content (AvgIpc) is 2.78. The summed E-state index contributed by atoms with van der Waals surface area (Å²) >= 11 is 6.10. The van der Waals surface area contributed by atoms with E-state index in [1.54, 1.807) is 4.90 Å². The van der Waals surface area contributed by atoms with Crippen LogP contribution < -0.4 is 5.32 Å². The Morgan fingerprint density at radius 3 is 2.58 bits per heavy atom. The predicted octanol–water partition coefficient (Wildman–Crippen LogP) is 2.90. The van der Waals surface area contributed by atoms with E-state index in [9.17, 15) is 9.59 Å². The zero-order valence-electron chi connectivity index (χ0n) is 15.8. The van der Waals surface area contributed by atoms with Crippen LogP contribution in [0.3, 0.4) is 0 Å². The summed E-state index contributed by atoms with van der Waals surface area (Å²) in [4.78, 5) is 28.2. The molecule has 0 aliphatic carbocycles. The topological polar surface area (TPSA) is 61.9 Å². The Morgan fingerprint density at radius 1 is 1.15 bits per heavy atom. The molecule has 1 N–H and O–H groups in total. The fraction of sp³-hybridized carbons (Fsp3) is 0.579. The van der Waals surface area contributed by atoms with E-state index in [0.29, 0.717) is 37.7 Å². The van der Waals surface area contributed by atoms with E-state index in [4.69, 9.17) is 16.3 Å². The van der Waals surface area contributed by atoms with E-state index in [2.05, 4.69) is 10.2 Å². The summed E-state index contributed by atoms with van der Waals surface area (Å²) in [5.41, 5.74) is 0.399. The Kier molecular flexibility index (Phi) is 7.29. The average molecular weight is 382 g/mol. The van der Waals surface area contributed by atoms with Crippen molar-refractivity contribution in [2.45, 2.75) is 39.3 Å². The lowest BCUT2D eigenvalue weighted by Gasteiger charge is -2.26. The number of carbonyl (C=O) groups is 2. The van der Waals surface area contributed by atoms with Crippen LogP contribution in [0.4, 0.5) is 4.79 Å². The molecule has 26 heavy (non-hydrogen) atoms. The van der Waals surface area contributed by atoms with Crippen LogP contribution in [0.25, 0.3) is 0 Å². The van der Waals surface area contributed by atoms with Gasteiger partial charge in [0.1, 0.15) is 5.60 Å². The van der Waals surface area contributed by atoms with E-state index in [-0.39, 0.29) is 12.0 Å². The number of hydrogen-bond acceptors (Lipinski definition) is 4. The molecule has 1 fully saturated rings. The number of amides is 2. The molecular formula is C19H28ClN3O3. The second-order valence-corrected chi connectivity index (χ2v) is 7.87. The molecule has 0 saturated carbocycles. The molecule has 1 aromatic rings. The van der Waals surface area contributed by atoms with Crippen molar-refractivity contribution in [3.63, 3.8) is 0 Å². The number of rotatable bonds is 4. The summed E-state index contributed by atoms with van der Waals surface area (Å²) < 4.78 is 5.42. The third kappa shape index (κ3) is 6.84. The first kappa shape index (κ1) is 20.5. The lowest BCUT2D eigenvalue weighted by atomic mass is 10.2. The number of nitrogens with zero attached hydrogens (tertiary/aromatic N) is 2. The Morgan fingerprint density at radius 2 is 1.88 bits per heavy atom. The lowest BCUT2D eigenvalue weighted by molar-refractivity contribution is -0.122. The molecule has 1 aliphatic rings. The maximum atomic E-state index is 12.2. The fourth-order valence-corrected chi connectivity index (χ4v) is 2.94. The van der Waals surface area contributed by atoms with Gasteiger partial charge in [-0.1, -0.05) is 29.8 Å². The van der Waals surface area contributed by atoms with Gasteiger partial charge in [-0.2, -0.15) is 0 Å². The molecule has 6 nitrogen and oxygen atoms in total. The number of ether oxygens (including phenoxy) is 1. The van der Waals surface area contributed by atoms with Gasteiger partial charge in [0.25, 0.3) is 0 Å². The second kappa shape index (κ2) is 9.24. The maximum Gasteiger partial charge on any atom is 0.410 e. The highest BCUT2D eigenvalue weighted by molar-refractivity contribution is 6.31. The SMILES string of the molecule is CC(C)(C)OC(=O)N1CCCN(CC(=O)NCc2ccccc2Cl)CC1. The first-order chi connectivity index (χ1) is 12.2. The first-order valence-corrected chi connectivity index (χ1v) is 9.33. The number of benzene rings is 1. The van der Waals surface area contributed by atoms with Crippen LogP contribution in [0.5, 0.6) is 0 Å². The Bertz CT molecular complexity index is 631. The van der Waals surface area contributed by atoms with Crippen LogP contribution in [-0.4, -0.2) is 60.1 Å². The zero-order valence-corrected chi connectivity index (χ0v) is 16.5. The van der Waals surface area contributed by atoms with Crippen molar-refractivity contribution in [2.75, 3.05) is 32.7 Å². The molecule has 1 aromatic carbocycles. The van der Waals surface area contributed by atoms with Crippen molar-refractivity contribution in [1.82, 2.24) is 15.1 Å². The minimum Gasteiger partial charge on any atom is -0.444 e. The van der Waals surface area contributed by atoms with E-state index in [1.165, 1.54) is 0 Å². The molecule has 1 saturated heterocycles. The second-order valence-electron chi connectivity index (χ2n) is 7.47. The van der Waals surface area contributed by atoms with Crippen LogP contribution in [0.2, 0.25) is 5.02 Å². The van der Waals surface area contributed by atoms with E-state index in [0.717, 1.165) is 18.5 Å². The molecule has 0 unspecified atom stereocenters. The number of halogens is 1. The summed E-state index contributed by atoms with van der Waals surface area (Å²) in [6.07, 6.45) is 0.527. The summed E-state index contributed by atoms with van der Waals surface area (Å²) in [6.45, 7) is 8.94. The highest BCUT2D eigenvalue weighted by atomic mass is 35.5. The van der Waals surface area contributed by atoms with Crippen molar-refractivity contribution in [3.05, 3.63) is 34.9 Å². The molecule has 2 amide bonds. The van der Waals surface area contributed by atoms with Gasteiger partial charge >= 0.3 is 6.09 Å². The third-order valence-electron chi connectivity index (χ3n) is 4.04. The summed E-state index contributed by atoms with van der Waals surface area (Å²) in [5, 5.41) is 3.55. The summed E-state index contributed by atoms with van der Waals surface area (Å²) in [6, 6.07) is 7.46. The molecule has 1 aliphatic heterocycles. The van der Waals surface area contributed by atoms with E-state index >= 15 is 0 Å². The molecule has 0 atom stereocenters. The molecule has 144 valence electrons. The van der Waals surface area contributed by atoms with Crippen LogP contribution >= 0.6 is 11.6 Å². The van der Waals surface area contributed by atoms with Crippen molar-refractivity contribution < 1.29 is 14.3 Å².